The fourth-order valence-corrected chi connectivity index (χ4v) is 3.36. The third kappa shape index (κ3) is 6.00. The first-order valence-electron chi connectivity index (χ1n) is 10.1. The fraction of sp³-hybridized carbons (Fsp3) is 0.333. The van der Waals surface area contributed by atoms with Crippen molar-refractivity contribution in [2.75, 3.05) is 25.0 Å². The Bertz CT molecular complexity index is 919. The minimum Gasteiger partial charge on any atom is -0.376 e. The topological polar surface area (TPSA) is 58.6 Å². The van der Waals surface area contributed by atoms with Crippen molar-refractivity contribution in [3.63, 3.8) is 0 Å². The molecule has 1 atom stereocenters. The van der Waals surface area contributed by atoms with E-state index in [1.165, 1.54) is 23.1 Å². The van der Waals surface area contributed by atoms with Crippen LogP contribution < -0.4 is 5.32 Å². The average Bonchev–Trinajstić information content (AvgIpc) is 3.23. The zero-order chi connectivity index (χ0) is 21.5. The van der Waals surface area contributed by atoms with Gasteiger partial charge in [-0.3, -0.25) is 9.59 Å². The molecule has 0 aliphatic carbocycles. The lowest BCUT2D eigenvalue weighted by atomic mass is 10.1. The van der Waals surface area contributed by atoms with E-state index in [4.69, 9.17) is 4.74 Å². The van der Waals surface area contributed by atoms with Crippen molar-refractivity contribution in [2.24, 2.45) is 0 Å². The smallest absolute Gasteiger partial charge is 0.247 e. The van der Waals surface area contributed by atoms with Crippen LogP contribution in [0.5, 0.6) is 0 Å². The summed E-state index contributed by atoms with van der Waals surface area (Å²) in [5, 5.41) is 2.90. The van der Waals surface area contributed by atoms with Gasteiger partial charge in [0.1, 0.15) is 12.4 Å². The van der Waals surface area contributed by atoms with Crippen LogP contribution in [0.15, 0.2) is 48.5 Å². The first kappa shape index (κ1) is 21.7. The first-order chi connectivity index (χ1) is 14.4. The number of nitrogens with one attached hydrogen (secondary N) is 1. The standard InChI is InChI=1S/C24H27FN2O3/c1-17-5-3-7-22(18(17)2)26-23(28)16-27(15-21-6-4-14-30-21)24(29)13-10-19-8-11-20(25)12-9-19/h3,5,7-13,21H,4,6,14-16H2,1-2H3,(H,26,28)/b13-10+. The van der Waals surface area contributed by atoms with Gasteiger partial charge >= 0.3 is 0 Å². The molecular formula is C24H27FN2O3. The van der Waals surface area contributed by atoms with Gasteiger partial charge in [0.2, 0.25) is 11.8 Å². The molecule has 2 aromatic rings. The lowest BCUT2D eigenvalue weighted by Gasteiger charge is -2.24. The summed E-state index contributed by atoms with van der Waals surface area (Å²) in [6.07, 6.45) is 4.78. The Labute approximate surface area is 176 Å². The predicted octanol–water partition coefficient (Wildman–Crippen LogP) is 4.10. The summed E-state index contributed by atoms with van der Waals surface area (Å²) in [4.78, 5) is 27.0. The molecule has 5 nitrogen and oxygen atoms in total. The maximum Gasteiger partial charge on any atom is 0.247 e. The van der Waals surface area contributed by atoms with Crippen LogP contribution >= 0.6 is 0 Å². The minimum absolute atomic E-state index is 0.0679. The zero-order valence-electron chi connectivity index (χ0n) is 17.4. The van der Waals surface area contributed by atoms with Crippen LogP contribution in [0.3, 0.4) is 0 Å². The Hall–Kier alpha value is -2.99. The van der Waals surface area contributed by atoms with Crippen LogP contribution in [0.2, 0.25) is 0 Å². The van der Waals surface area contributed by atoms with Gasteiger partial charge in [-0.1, -0.05) is 24.3 Å². The van der Waals surface area contributed by atoms with E-state index in [0.717, 1.165) is 29.7 Å². The highest BCUT2D eigenvalue weighted by atomic mass is 19.1. The number of ether oxygens (including phenoxy) is 1. The minimum atomic E-state index is -0.332. The second kappa shape index (κ2) is 10.2. The molecule has 1 aliphatic rings. The van der Waals surface area contributed by atoms with E-state index in [-0.39, 0.29) is 30.3 Å². The summed E-state index contributed by atoms with van der Waals surface area (Å²) in [5.74, 6) is -0.877. The summed E-state index contributed by atoms with van der Waals surface area (Å²) < 4.78 is 18.7. The van der Waals surface area contributed by atoms with E-state index in [1.54, 1.807) is 18.2 Å². The number of halogens is 1. The molecule has 0 radical (unpaired) electrons. The maximum atomic E-state index is 13.1. The van der Waals surface area contributed by atoms with Crippen molar-refractivity contribution in [1.82, 2.24) is 4.90 Å². The van der Waals surface area contributed by atoms with Gasteiger partial charge in [0.25, 0.3) is 0 Å². The summed E-state index contributed by atoms with van der Waals surface area (Å²) >= 11 is 0. The Balaban J connectivity index is 1.69. The summed E-state index contributed by atoms with van der Waals surface area (Å²) in [7, 11) is 0. The van der Waals surface area contributed by atoms with Gasteiger partial charge in [0, 0.05) is 24.9 Å². The van der Waals surface area contributed by atoms with E-state index >= 15 is 0 Å². The molecule has 30 heavy (non-hydrogen) atoms. The average molecular weight is 410 g/mol. The number of anilines is 1. The number of carbonyl (C=O) groups excluding carboxylic acids is 2. The predicted molar refractivity (Wildman–Crippen MR) is 116 cm³/mol. The molecule has 0 saturated carbocycles. The van der Waals surface area contributed by atoms with Gasteiger partial charge < -0.3 is 15.0 Å². The number of benzene rings is 2. The van der Waals surface area contributed by atoms with Crippen molar-refractivity contribution in [2.45, 2.75) is 32.8 Å². The fourth-order valence-electron chi connectivity index (χ4n) is 3.36. The SMILES string of the molecule is Cc1cccc(NC(=O)CN(CC2CCCO2)C(=O)/C=C/c2ccc(F)cc2)c1C. The van der Waals surface area contributed by atoms with E-state index in [9.17, 15) is 14.0 Å². The van der Waals surface area contributed by atoms with Crippen molar-refractivity contribution in [1.29, 1.82) is 0 Å². The summed E-state index contributed by atoms with van der Waals surface area (Å²) in [5.41, 5.74) is 3.54. The Morgan fingerprint density at radius 3 is 2.67 bits per heavy atom. The Morgan fingerprint density at radius 1 is 1.20 bits per heavy atom. The van der Waals surface area contributed by atoms with Crippen LogP contribution in [-0.2, 0) is 14.3 Å². The van der Waals surface area contributed by atoms with Crippen LogP contribution in [-0.4, -0.2) is 42.5 Å². The summed E-state index contributed by atoms with van der Waals surface area (Å²) in [6.45, 7) is 4.89. The Kier molecular flexibility index (Phi) is 7.36. The third-order valence-corrected chi connectivity index (χ3v) is 5.26. The van der Waals surface area contributed by atoms with Gasteiger partial charge in [-0.05, 0) is 67.7 Å². The highest BCUT2D eigenvalue weighted by molar-refractivity contribution is 5.98. The molecule has 3 rings (SSSR count). The largest absolute Gasteiger partial charge is 0.376 e. The molecule has 0 bridgehead atoms. The molecule has 0 aromatic heterocycles. The lowest BCUT2D eigenvalue weighted by Crippen LogP contribution is -2.41. The number of aryl methyl sites for hydroxylation is 1. The molecule has 2 amide bonds. The van der Waals surface area contributed by atoms with E-state index in [1.807, 2.05) is 32.0 Å². The molecule has 1 heterocycles. The Morgan fingerprint density at radius 2 is 1.97 bits per heavy atom. The van der Waals surface area contributed by atoms with Gasteiger partial charge in [0.05, 0.1) is 6.10 Å². The molecule has 1 fully saturated rings. The van der Waals surface area contributed by atoms with Gasteiger partial charge in [-0.2, -0.15) is 0 Å². The molecular weight excluding hydrogens is 383 g/mol. The third-order valence-electron chi connectivity index (χ3n) is 5.26. The summed E-state index contributed by atoms with van der Waals surface area (Å²) in [6, 6.07) is 11.6. The van der Waals surface area contributed by atoms with Crippen LogP contribution in [0.4, 0.5) is 10.1 Å². The molecule has 1 unspecified atom stereocenters. The van der Waals surface area contributed by atoms with Crippen molar-refractivity contribution in [3.8, 4) is 0 Å². The molecule has 2 aromatic carbocycles. The second-order valence-electron chi connectivity index (χ2n) is 7.53. The number of nitrogens with zero attached hydrogens (tertiary/aromatic N) is 1. The van der Waals surface area contributed by atoms with Crippen molar-refractivity contribution in [3.05, 3.63) is 71.0 Å². The van der Waals surface area contributed by atoms with Gasteiger partial charge in [-0.25, -0.2) is 4.39 Å². The quantitative estimate of drug-likeness (QED) is 0.699. The van der Waals surface area contributed by atoms with Gasteiger partial charge in [-0.15, -0.1) is 0 Å². The molecule has 0 spiro atoms. The van der Waals surface area contributed by atoms with Crippen LogP contribution in [0.1, 0.15) is 29.5 Å². The lowest BCUT2D eigenvalue weighted by molar-refractivity contribution is -0.131. The molecule has 1 aliphatic heterocycles. The number of hydrogen-bond acceptors (Lipinski definition) is 3. The molecule has 158 valence electrons. The van der Waals surface area contributed by atoms with Crippen LogP contribution in [0.25, 0.3) is 6.08 Å². The second-order valence-corrected chi connectivity index (χ2v) is 7.53. The van der Waals surface area contributed by atoms with Crippen LogP contribution in [0, 0.1) is 19.7 Å². The normalized spacial score (nSPS) is 16.0. The highest BCUT2D eigenvalue weighted by Gasteiger charge is 2.23. The number of hydrogen-bond donors (Lipinski definition) is 1. The molecule has 1 saturated heterocycles. The number of carbonyl (C=O) groups is 2. The molecule has 1 N–H and O–H groups in total. The van der Waals surface area contributed by atoms with E-state index in [0.29, 0.717) is 18.7 Å². The number of rotatable bonds is 7. The molecule has 6 heteroatoms. The van der Waals surface area contributed by atoms with E-state index in [2.05, 4.69) is 5.32 Å². The highest BCUT2D eigenvalue weighted by Crippen LogP contribution is 2.18. The monoisotopic (exact) mass is 410 g/mol. The number of amides is 2. The first-order valence-corrected chi connectivity index (χ1v) is 10.1. The van der Waals surface area contributed by atoms with Gasteiger partial charge in [0.15, 0.2) is 0 Å². The maximum absolute atomic E-state index is 13.1. The zero-order valence-corrected chi connectivity index (χ0v) is 17.4. The van der Waals surface area contributed by atoms with Crippen molar-refractivity contribution < 1.29 is 18.7 Å². The van der Waals surface area contributed by atoms with E-state index < -0.39 is 0 Å². The van der Waals surface area contributed by atoms with Crippen molar-refractivity contribution >= 4 is 23.6 Å².